The quantitative estimate of drug-likeness (QED) is 0.690. The summed E-state index contributed by atoms with van der Waals surface area (Å²) in [5.74, 6) is 0.110. The number of rotatable bonds is 4. The topological polar surface area (TPSA) is 75.9 Å². The van der Waals surface area contributed by atoms with Gasteiger partial charge in [0, 0.05) is 46.8 Å². The Bertz CT molecular complexity index is 271. The van der Waals surface area contributed by atoms with Crippen molar-refractivity contribution in [3.05, 3.63) is 0 Å². The lowest BCUT2D eigenvalue weighted by Crippen LogP contribution is -2.50. The Morgan fingerprint density at radius 2 is 1.76 bits per heavy atom. The van der Waals surface area contributed by atoms with Gasteiger partial charge in [-0.2, -0.15) is 0 Å². The summed E-state index contributed by atoms with van der Waals surface area (Å²) in [5.41, 5.74) is 5.47. The van der Waals surface area contributed by atoms with Gasteiger partial charge < -0.3 is 20.3 Å². The number of hydrogen-bond donors (Lipinski definition) is 1. The van der Waals surface area contributed by atoms with E-state index in [1.807, 2.05) is 0 Å². The molecule has 6 heteroatoms. The van der Waals surface area contributed by atoms with Crippen molar-refractivity contribution in [2.75, 3.05) is 39.8 Å². The van der Waals surface area contributed by atoms with Gasteiger partial charge in [0.1, 0.15) is 0 Å². The highest BCUT2D eigenvalue weighted by Gasteiger charge is 2.23. The van der Waals surface area contributed by atoms with Crippen LogP contribution in [0.25, 0.3) is 0 Å². The predicted octanol–water partition coefficient (Wildman–Crippen LogP) is -0.959. The molecule has 1 unspecified atom stereocenters. The number of nitrogens with zero attached hydrogens (tertiary/aromatic N) is 2. The summed E-state index contributed by atoms with van der Waals surface area (Å²) in [7, 11) is 1.55. The van der Waals surface area contributed by atoms with Gasteiger partial charge >= 0.3 is 0 Å². The number of methoxy groups -OCH3 is 1. The molecule has 1 saturated heterocycles. The molecule has 0 radical (unpaired) electrons. The van der Waals surface area contributed by atoms with Gasteiger partial charge in [0.25, 0.3) is 0 Å². The van der Waals surface area contributed by atoms with Gasteiger partial charge in [-0.25, -0.2) is 0 Å². The Kier molecular flexibility index (Phi) is 5.37. The first-order valence-electron chi connectivity index (χ1n) is 5.84. The molecule has 0 aromatic rings. The molecule has 1 aliphatic rings. The van der Waals surface area contributed by atoms with Crippen molar-refractivity contribution in [2.24, 2.45) is 5.73 Å². The first-order chi connectivity index (χ1) is 8.08. The van der Waals surface area contributed by atoms with Crippen LogP contribution in [0.4, 0.5) is 0 Å². The molecular weight excluding hydrogens is 222 g/mol. The Morgan fingerprint density at radius 3 is 2.18 bits per heavy atom. The van der Waals surface area contributed by atoms with Crippen LogP contribution in [0.3, 0.4) is 0 Å². The van der Waals surface area contributed by atoms with Gasteiger partial charge in [0.15, 0.2) is 0 Å². The van der Waals surface area contributed by atoms with Crippen LogP contribution in [0.5, 0.6) is 0 Å². The fraction of sp³-hybridized carbons (Fsp3) is 0.818. The van der Waals surface area contributed by atoms with E-state index >= 15 is 0 Å². The van der Waals surface area contributed by atoms with Crippen LogP contribution < -0.4 is 5.73 Å². The van der Waals surface area contributed by atoms with Crippen molar-refractivity contribution in [3.8, 4) is 0 Å². The summed E-state index contributed by atoms with van der Waals surface area (Å²) >= 11 is 0. The summed E-state index contributed by atoms with van der Waals surface area (Å²) in [6.45, 7) is 4.31. The lowest BCUT2D eigenvalue weighted by Gasteiger charge is -2.34. The fourth-order valence-corrected chi connectivity index (χ4v) is 1.86. The third kappa shape index (κ3) is 3.98. The largest absolute Gasteiger partial charge is 0.380 e. The van der Waals surface area contributed by atoms with Crippen LogP contribution >= 0.6 is 0 Å². The summed E-state index contributed by atoms with van der Waals surface area (Å²) in [4.78, 5) is 26.5. The maximum absolute atomic E-state index is 11.9. The lowest BCUT2D eigenvalue weighted by atomic mass is 10.2. The second-order valence-corrected chi connectivity index (χ2v) is 4.18. The molecule has 1 aliphatic heterocycles. The highest BCUT2D eigenvalue weighted by atomic mass is 16.5. The van der Waals surface area contributed by atoms with Crippen LogP contribution in [0.2, 0.25) is 0 Å². The predicted molar refractivity (Wildman–Crippen MR) is 63.3 cm³/mol. The van der Waals surface area contributed by atoms with Crippen molar-refractivity contribution >= 4 is 11.8 Å². The highest BCUT2D eigenvalue weighted by Crippen LogP contribution is 2.06. The highest BCUT2D eigenvalue weighted by molar-refractivity contribution is 5.77. The Hall–Kier alpha value is -1.14. The van der Waals surface area contributed by atoms with E-state index in [9.17, 15) is 9.59 Å². The van der Waals surface area contributed by atoms with Crippen LogP contribution in [0.1, 0.15) is 13.3 Å². The maximum Gasteiger partial charge on any atom is 0.225 e. The Morgan fingerprint density at radius 1 is 1.24 bits per heavy atom. The number of carbonyl (C=O) groups is 2. The number of hydrogen-bond acceptors (Lipinski definition) is 4. The molecule has 6 nitrogen and oxygen atoms in total. The van der Waals surface area contributed by atoms with E-state index in [0.29, 0.717) is 39.1 Å². The summed E-state index contributed by atoms with van der Waals surface area (Å²) in [6, 6.07) is 0. The molecule has 0 aromatic carbocycles. The molecule has 2 N–H and O–H groups in total. The number of carbonyl (C=O) groups excluding carboxylic acids is 2. The van der Waals surface area contributed by atoms with E-state index < -0.39 is 0 Å². The number of piperazine rings is 1. The zero-order chi connectivity index (χ0) is 12.8. The molecule has 1 rings (SSSR count). The molecule has 0 aromatic heterocycles. The van der Waals surface area contributed by atoms with Crippen molar-refractivity contribution in [3.63, 3.8) is 0 Å². The summed E-state index contributed by atoms with van der Waals surface area (Å²) in [5, 5.41) is 0. The van der Waals surface area contributed by atoms with Gasteiger partial charge in [-0.3, -0.25) is 9.59 Å². The van der Waals surface area contributed by atoms with Crippen molar-refractivity contribution < 1.29 is 14.3 Å². The third-order valence-corrected chi connectivity index (χ3v) is 3.08. The molecule has 1 heterocycles. The molecule has 98 valence electrons. The van der Waals surface area contributed by atoms with Crippen molar-refractivity contribution in [2.45, 2.75) is 19.4 Å². The minimum atomic E-state index is -0.215. The van der Waals surface area contributed by atoms with Gasteiger partial charge in [-0.05, 0) is 0 Å². The molecule has 0 bridgehead atoms. The molecule has 0 spiro atoms. The average Bonchev–Trinajstić information content (AvgIpc) is 2.35. The molecule has 2 amide bonds. The first-order valence-corrected chi connectivity index (χ1v) is 5.84. The van der Waals surface area contributed by atoms with Gasteiger partial charge in [0.2, 0.25) is 11.8 Å². The standard InChI is InChI=1S/C11H21N3O3/c1-9(15)13-3-5-14(6-4-13)11(16)7-10(8-12)17-2/h10H,3-8,12H2,1-2H3. The summed E-state index contributed by atoms with van der Waals surface area (Å²) < 4.78 is 5.08. The van der Waals surface area contributed by atoms with Crippen molar-refractivity contribution in [1.29, 1.82) is 0 Å². The Labute approximate surface area is 102 Å². The third-order valence-electron chi connectivity index (χ3n) is 3.08. The smallest absolute Gasteiger partial charge is 0.225 e. The molecule has 1 fully saturated rings. The molecular formula is C11H21N3O3. The normalized spacial score (nSPS) is 18.1. The van der Waals surface area contributed by atoms with E-state index in [0.717, 1.165) is 0 Å². The minimum Gasteiger partial charge on any atom is -0.380 e. The Balaban J connectivity index is 2.38. The van der Waals surface area contributed by atoms with Crippen LogP contribution in [0, 0.1) is 0 Å². The fourth-order valence-electron chi connectivity index (χ4n) is 1.86. The zero-order valence-corrected chi connectivity index (χ0v) is 10.5. The SMILES string of the molecule is COC(CN)CC(=O)N1CCN(C(C)=O)CC1. The second kappa shape index (κ2) is 6.56. The maximum atomic E-state index is 11.9. The molecule has 17 heavy (non-hydrogen) atoms. The minimum absolute atomic E-state index is 0.0468. The number of nitrogens with two attached hydrogens (primary N) is 1. The first kappa shape index (κ1) is 13.9. The van der Waals surface area contributed by atoms with Crippen LogP contribution in [-0.2, 0) is 14.3 Å². The second-order valence-electron chi connectivity index (χ2n) is 4.18. The molecule has 0 aliphatic carbocycles. The van der Waals surface area contributed by atoms with Gasteiger partial charge in [-0.15, -0.1) is 0 Å². The van der Waals surface area contributed by atoms with Gasteiger partial charge in [0.05, 0.1) is 12.5 Å². The van der Waals surface area contributed by atoms with E-state index in [1.165, 1.54) is 0 Å². The van der Waals surface area contributed by atoms with Gasteiger partial charge in [-0.1, -0.05) is 0 Å². The lowest BCUT2D eigenvalue weighted by molar-refractivity contribution is -0.140. The zero-order valence-electron chi connectivity index (χ0n) is 10.5. The summed E-state index contributed by atoms with van der Waals surface area (Å²) in [6.07, 6.45) is 0.0981. The van der Waals surface area contributed by atoms with E-state index in [4.69, 9.17) is 10.5 Å². The van der Waals surface area contributed by atoms with Crippen LogP contribution in [-0.4, -0.2) is 67.6 Å². The number of ether oxygens (including phenoxy) is 1. The van der Waals surface area contributed by atoms with Crippen LogP contribution in [0.15, 0.2) is 0 Å². The molecule has 1 atom stereocenters. The van der Waals surface area contributed by atoms with Crippen molar-refractivity contribution in [1.82, 2.24) is 9.80 Å². The molecule has 0 saturated carbocycles. The van der Waals surface area contributed by atoms with E-state index in [-0.39, 0.29) is 17.9 Å². The van der Waals surface area contributed by atoms with E-state index in [2.05, 4.69) is 0 Å². The average molecular weight is 243 g/mol. The van der Waals surface area contributed by atoms with E-state index in [1.54, 1.807) is 23.8 Å². The monoisotopic (exact) mass is 243 g/mol. The number of amides is 2.